The maximum absolute atomic E-state index is 12.6. The fraction of sp³-hybridized carbons (Fsp3) is 0.632. The number of unbranched alkanes of at least 4 members (excludes halogenated alkanes) is 1. The third kappa shape index (κ3) is 8.17. The summed E-state index contributed by atoms with van der Waals surface area (Å²) in [5.41, 5.74) is 0.241. The molecule has 5 nitrogen and oxygen atoms in total. The molecule has 0 spiro atoms. The van der Waals surface area contributed by atoms with Gasteiger partial charge in [0, 0.05) is 33.2 Å². The molecule has 0 saturated carbocycles. The topological polar surface area (TPSA) is 48.9 Å². The zero-order valence-electron chi connectivity index (χ0n) is 15.8. The van der Waals surface area contributed by atoms with E-state index in [4.69, 9.17) is 4.74 Å². The predicted octanol–water partition coefficient (Wildman–Crippen LogP) is 2.53. The third-order valence-electron chi connectivity index (χ3n) is 4.51. The van der Waals surface area contributed by atoms with Crippen LogP contribution < -0.4 is 10.6 Å². The average Bonchev–Trinajstić information content (AvgIpc) is 2.67. The van der Waals surface area contributed by atoms with Crippen molar-refractivity contribution in [3.05, 3.63) is 35.4 Å². The van der Waals surface area contributed by atoms with Crippen LogP contribution >= 0.6 is 0 Å². The summed E-state index contributed by atoms with van der Waals surface area (Å²) in [6.45, 7) is 6.22. The zero-order chi connectivity index (χ0) is 19.5. The van der Waals surface area contributed by atoms with E-state index in [9.17, 15) is 13.2 Å². The van der Waals surface area contributed by atoms with E-state index in [2.05, 4.69) is 20.5 Å². The lowest BCUT2D eigenvalue weighted by molar-refractivity contribution is -0.137. The number of nitrogens with one attached hydrogen (secondary N) is 2. The Balaban J connectivity index is 1.58. The van der Waals surface area contributed by atoms with Gasteiger partial charge in [0.25, 0.3) is 0 Å². The molecule has 1 aromatic carbocycles. The largest absolute Gasteiger partial charge is 0.416 e. The highest BCUT2D eigenvalue weighted by Gasteiger charge is 2.29. The van der Waals surface area contributed by atoms with E-state index in [-0.39, 0.29) is 0 Å². The Hall–Kier alpha value is -1.80. The van der Waals surface area contributed by atoms with Crippen LogP contribution in [0.25, 0.3) is 0 Å². The van der Waals surface area contributed by atoms with E-state index in [1.165, 1.54) is 12.1 Å². The number of ether oxygens (including phenoxy) is 1. The number of hydrogen-bond donors (Lipinski definition) is 2. The van der Waals surface area contributed by atoms with Crippen molar-refractivity contribution in [1.82, 2.24) is 15.5 Å². The fourth-order valence-electron chi connectivity index (χ4n) is 2.90. The van der Waals surface area contributed by atoms with Crippen molar-refractivity contribution in [3.8, 4) is 0 Å². The molecule has 1 aromatic rings. The van der Waals surface area contributed by atoms with Crippen molar-refractivity contribution in [2.75, 3.05) is 53.0 Å². The van der Waals surface area contributed by atoms with Gasteiger partial charge in [0.1, 0.15) is 0 Å². The number of hydrogen-bond acceptors (Lipinski definition) is 3. The van der Waals surface area contributed by atoms with Gasteiger partial charge in [-0.05, 0) is 43.5 Å². The minimum absolute atomic E-state index is 0.610. The van der Waals surface area contributed by atoms with Crippen molar-refractivity contribution in [3.63, 3.8) is 0 Å². The van der Waals surface area contributed by atoms with Crippen LogP contribution in [0.5, 0.6) is 0 Å². The second kappa shape index (κ2) is 11.1. The van der Waals surface area contributed by atoms with Gasteiger partial charge in [-0.3, -0.25) is 9.89 Å². The monoisotopic (exact) mass is 386 g/mol. The molecule has 0 aromatic heterocycles. The van der Waals surface area contributed by atoms with Gasteiger partial charge in [-0.2, -0.15) is 13.2 Å². The maximum atomic E-state index is 12.6. The first-order valence-corrected chi connectivity index (χ1v) is 9.40. The SMILES string of the molecule is CN=C(NCCCCN1CCOCC1)NCCc1ccc(C(F)(F)F)cc1. The maximum Gasteiger partial charge on any atom is 0.416 e. The minimum Gasteiger partial charge on any atom is -0.379 e. The second-order valence-corrected chi connectivity index (χ2v) is 6.53. The number of nitrogens with zero attached hydrogens (tertiary/aromatic N) is 2. The molecule has 1 aliphatic rings. The molecule has 2 rings (SSSR count). The summed E-state index contributed by atoms with van der Waals surface area (Å²) in [6.07, 6.45) is -1.48. The molecule has 152 valence electrons. The lowest BCUT2D eigenvalue weighted by Gasteiger charge is -2.26. The summed E-state index contributed by atoms with van der Waals surface area (Å²) in [5.74, 6) is 0.716. The van der Waals surface area contributed by atoms with Crippen LogP contribution in [0, 0.1) is 0 Å². The van der Waals surface area contributed by atoms with Gasteiger partial charge in [-0.25, -0.2) is 0 Å². The van der Waals surface area contributed by atoms with Crippen LogP contribution in [-0.4, -0.2) is 63.8 Å². The molecule has 0 bridgehead atoms. The summed E-state index contributed by atoms with van der Waals surface area (Å²) in [7, 11) is 1.71. The Kier molecular flexibility index (Phi) is 8.87. The van der Waals surface area contributed by atoms with Crippen LogP contribution in [0.3, 0.4) is 0 Å². The van der Waals surface area contributed by atoms with Crippen LogP contribution in [-0.2, 0) is 17.3 Å². The minimum atomic E-state index is -4.29. The standard InChI is InChI=1S/C19H29F3N4O/c1-23-18(24-9-2-3-11-26-12-14-27-15-13-26)25-10-8-16-4-6-17(7-5-16)19(20,21)22/h4-7H,2-3,8-15H2,1H3,(H2,23,24,25). The predicted molar refractivity (Wildman–Crippen MR) is 101 cm³/mol. The first-order chi connectivity index (χ1) is 13.0. The third-order valence-corrected chi connectivity index (χ3v) is 4.51. The molecule has 27 heavy (non-hydrogen) atoms. The highest BCUT2D eigenvalue weighted by molar-refractivity contribution is 5.79. The first-order valence-electron chi connectivity index (χ1n) is 9.40. The smallest absolute Gasteiger partial charge is 0.379 e. The quantitative estimate of drug-likeness (QED) is 0.410. The Bertz CT molecular complexity index is 569. The Labute approximate surface area is 159 Å². The molecule has 2 N–H and O–H groups in total. The molecule has 8 heteroatoms. The number of benzene rings is 1. The number of morpholine rings is 1. The van der Waals surface area contributed by atoms with Gasteiger partial charge >= 0.3 is 6.18 Å². The average molecular weight is 386 g/mol. The molecule has 1 saturated heterocycles. The molecule has 0 unspecified atom stereocenters. The lowest BCUT2D eigenvalue weighted by Crippen LogP contribution is -2.39. The van der Waals surface area contributed by atoms with Gasteiger partial charge in [0.15, 0.2) is 5.96 Å². The molecule has 0 aliphatic carbocycles. The number of aliphatic imine (C=N–C) groups is 1. The molecule has 0 radical (unpaired) electrons. The molecule has 1 aliphatic heterocycles. The number of guanidine groups is 1. The molecule has 1 heterocycles. The van der Waals surface area contributed by atoms with Gasteiger partial charge in [-0.15, -0.1) is 0 Å². The van der Waals surface area contributed by atoms with E-state index in [1.54, 1.807) is 7.05 Å². The van der Waals surface area contributed by atoms with Crippen molar-refractivity contribution >= 4 is 5.96 Å². The summed E-state index contributed by atoms with van der Waals surface area (Å²) in [5, 5.41) is 6.46. The first kappa shape index (κ1) is 21.5. The van der Waals surface area contributed by atoms with Gasteiger partial charge in [0.2, 0.25) is 0 Å². The van der Waals surface area contributed by atoms with E-state index in [1.807, 2.05) is 0 Å². The van der Waals surface area contributed by atoms with Crippen LogP contribution in [0.15, 0.2) is 29.3 Å². The van der Waals surface area contributed by atoms with Crippen molar-refractivity contribution in [1.29, 1.82) is 0 Å². The number of alkyl halides is 3. The van der Waals surface area contributed by atoms with E-state index in [0.717, 1.165) is 69.9 Å². The summed E-state index contributed by atoms with van der Waals surface area (Å²) < 4.78 is 43.0. The molecular formula is C19H29F3N4O. The Morgan fingerprint density at radius 1 is 1.07 bits per heavy atom. The van der Waals surface area contributed by atoms with Gasteiger partial charge < -0.3 is 15.4 Å². The van der Waals surface area contributed by atoms with E-state index in [0.29, 0.717) is 18.9 Å². The van der Waals surface area contributed by atoms with Crippen molar-refractivity contribution in [2.24, 2.45) is 4.99 Å². The van der Waals surface area contributed by atoms with E-state index < -0.39 is 11.7 Å². The second-order valence-electron chi connectivity index (χ2n) is 6.53. The highest BCUT2D eigenvalue weighted by atomic mass is 19.4. The summed E-state index contributed by atoms with van der Waals surface area (Å²) in [6, 6.07) is 5.28. The highest BCUT2D eigenvalue weighted by Crippen LogP contribution is 2.29. The number of halogens is 3. The number of rotatable bonds is 8. The normalized spacial score (nSPS) is 16.4. The summed E-state index contributed by atoms with van der Waals surface area (Å²) >= 11 is 0. The van der Waals surface area contributed by atoms with Gasteiger partial charge in [-0.1, -0.05) is 12.1 Å². The fourth-order valence-corrected chi connectivity index (χ4v) is 2.90. The van der Waals surface area contributed by atoms with Crippen LogP contribution in [0.4, 0.5) is 13.2 Å². The van der Waals surface area contributed by atoms with Crippen molar-refractivity contribution < 1.29 is 17.9 Å². The Morgan fingerprint density at radius 3 is 2.37 bits per heavy atom. The van der Waals surface area contributed by atoms with Gasteiger partial charge in [0.05, 0.1) is 18.8 Å². The lowest BCUT2D eigenvalue weighted by atomic mass is 10.1. The van der Waals surface area contributed by atoms with E-state index >= 15 is 0 Å². The summed E-state index contributed by atoms with van der Waals surface area (Å²) in [4.78, 5) is 6.59. The zero-order valence-corrected chi connectivity index (χ0v) is 15.8. The molecule has 0 amide bonds. The van der Waals surface area contributed by atoms with Crippen LogP contribution in [0.2, 0.25) is 0 Å². The molecule has 0 atom stereocenters. The van der Waals surface area contributed by atoms with Crippen LogP contribution in [0.1, 0.15) is 24.0 Å². The molecular weight excluding hydrogens is 357 g/mol. The Morgan fingerprint density at radius 2 is 1.74 bits per heavy atom. The van der Waals surface area contributed by atoms with Crippen molar-refractivity contribution in [2.45, 2.75) is 25.4 Å². The molecule has 1 fully saturated rings.